The first-order valence-corrected chi connectivity index (χ1v) is 5.21. The molecule has 96 valence electrons. The molecule has 1 aromatic carbocycles. The fourth-order valence-corrected chi connectivity index (χ4v) is 1.88. The molecular weight excluding hydrogens is 247 g/mol. The van der Waals surface area contributed by atoms with Crippen molar-refractivity contribution >= 4 is 17.4 Å². The van der Waals surface area contributed by atoms with Gasteiger partial charge in [-0.25, -0.2) is 0 Å². The summed E-state index contributed by atoms with van der Waals surface area (Å²) < 4.78 is 37.0. The molecule has 0 spiro atoms. The molecule has 1 aliphatic heterocycles. The Kier molecular flexibility index (Phi) is 2.50. The molecule has 1 amide bonds. The molecule has 0 saturated heterocycles. The van der Waals surface area contributed by atoms with Gasteiger partial charge in [-0.1, -0.05) is 0 Å². The van der Waals surface area contributed by atoms with E-state index >= 15 is 0 Å². The molecule has 0 aromatic heterocycles. The molecule has 1 heterocycles. The number of hydrogen-bond acceptors (Lipinski definition) is 2. The normalized spacial score (nSPS) is 17.3. The number of ketones is 1. The monoisotopic (exact) mass is 257 g/mol. The van der Waals surface area contributed by atoms with E-state index in [4.69, 9.17) is 0 Å². The zero-order valence-corrected chi connectivity index (χ0v) is 9.68. The van der Waals surface area contributed by atoms with Crippen LogP contribution in [0.5, 0.6) is 0 Å². The summed E-state index contributed by atoms with van der Waals surface area (Å²) in [5, 5.41) is 2.56. The third-order valence-corrected chi connectivity index (χ3v) is 3.03. The molecule has 18 heavy (non-hydrogen) atoms. The quantitative estimate of drug-likeness (QED) is 0.786. The second-order valence-corrected chi connectivity index (χ2v) is 4.67. The minimum absolute atomic E-state index is 0.297. The second-order valence-electron chi connectivity index (χ2n) is 4.67. The van der Waals surface area contributed by atoms with Crippen molar-refractivity contribution in [2.75, 3.05) is 5.32 Å². The summed E-state index contributed by atoms with van der Waals surface area (Å²) in [6.07, 6.45) is -4.91. The molecule has 3 nitrogen and oxygen atoms in total. The SMILES string of the molecule is CC1(C)C(=O)Nc2ccc(C(=O)C(F)(F)F)cc21. The van der Waals surface area contributed by atoms with Crippen molar-refractivity contribution in [1.29, 1.82) is 0 Å². The van der Waals surface area contributed by atoms with E-state index < -0.39 is 22.9 Å². The Bertz CT molecular complexity index is 547. The van der Waals surface area contributed by atoms with E-state index in [-0.39, 0.29) is 5.91 Å². The maximum absolute atomic E-state index is 12.3. The van der Waals surface area contributed by atoms with Gasteiger partial charge in [0.1, 0.15) is 0 Å². The summed E-state index contributed by atoms with van der Waals surface area (Å²) >= 11 is 0. The first kappa shape index (κ1) is 12.6. The number of hydrogen-bond donors (Lipinski definition) is 1. The highest BCUT2D eigenvalue weighted by atomic mass is 19.4. The lowest BCUT2D eigenvalue weighted by molar-refractivity contribution is -0.119. The second kappa shape index (κ2) is 3.57. The number of nitrogens with one attached hydrogen (secondary N) is 1. The first-order chi connectivity index (χ1) is 8.14. The van der Waals surface area contributed by atoms with Gasteiger partial charge in [-0.3, -0.25) is 9.59 Å². The molecule has 0 aliphatic carbocycles. The van der Waals surface area contributed by atoms with E-state index in [2.05, 4.69) is 5.32 Å². The van der Waals surface area contributed by atoms with Gasteiger partial charge in [0.15, 0.2) is 0 Å². The lowest BCUT2D eigenvalue weighted by Gasteiger charge is -2.15. The zero-order valence-electron chi connectivity index (χ0n) is 9.68. The van der Waals surface area contributed by atoms with Crippen molar-refractivity contribution < 1.29 is 22.8 Å². The standard InChI is InChI=1S/C12H10F3NO2/c1-11(2)7-5-6(9(17)12(13,14)15)3-4-8(7)16-10(11)18/h3-5H,1-2H3,(H,16,18). The van der Waals surface area contributed by atoms with Gasteiger partial charge in [-0.05, 0) is 37.6 Å². The molecule has 2 rings (SSSR count). The summed E-state index contributed by atoms with van der Waals surface area (Å²) in [5.74, 6) is -2.20. The molecule has 1 N–H and O–H groups in total. The van der Waals surface area contributed by atoms with Gasteiger partial charge in [-0.2, -0.15) is 13.2 Å². The fourth-order valence-electron chi connectivity index (χ4n) is 1.88. The molecule has 0 saturated carbocycles. The van der Waals surface area contributed by atoms with Gasteiger partial charge < -0.3 is 5.32 Å². The summed E-state index contributed by atoms with van der Waals surface area (Å²) in [4.78, 5) is 22.7. The van der Waals surface area contributed by atoms with Crippen molar-refractivity contribution in [3.05, 3.63) is 29.3 Å². The Morgan fingerprint density at radius 1 is 1.28 bits per heavy atom. The first-order valence-electron chi connectivity index (χ1n) is 5.21. The molecule has 1 aliphatic rings. The van der Waals surface area contributed by atoms with E-state index in [0.29, 0.717) is 11.3 Å². The van der Waals surface area contributed by atoms with Crippen LogP contribution < -0.4 is 5.32 Å². The molecule has 6 heteroatoms. The van der Waals surface area contributed by atoms with Gasteiger partial charge >= 0.3 is 6.18 Å². The Morgan fingerprint density at radius 3 is 2.44 bits per heavy atom. The predicted molar refractivity (Wildman–Crippen MR) is 58.5 cm³/mol. The number of carbonyl (C=O) groups is 2. The average Bonchev–Trinajstić information content (AvgIpc) is 2.48. The number of alkyl halides is 3. The summed E-state index contributed by atoms with van der Waals surface area (Å²) in [6, 6.07) is 3.51. The number of fused-ring (bicyclic) bond motifs is 1. The van der Waals surface area contributed by atoms with Gasteiger partial charge in [0.25, 0.3) is 5.78 Å². The van der Waals surface area contributed by atoms with E-state index in [9.17, 15) is 22.8 Å². The lowest BCUT2D eigenvalue weighted by atomic mass is 9.85. The topological polar surface area (TPSA) is 46.2 Å². The maximum atomic E-state index is 12.3. The lowest BCUT2D eigenvalue weighted by Crippen LogP contribution is -2.27. The highest BCUT2D eigenvalue weighted by Gasteiger charge is 2.42. The number of rotatable bonds is 1. The molecule has 0 atom stereocenters. The van der Waals surface area contributed by atoms with Crippen molar-refractivity contribution in [2.24, 2.45) is 0 Å². The smallest absolute Gasteiger partial charge is 0.325 e. The number of benzene rings is 1. The van der Waals surface area contributed by atoms with Crippen LogP contribution in [-0.2, 0) is 10.2 Å². The molecular formula is C12H10F3NO2. The summed E-state index contributed by atoms with van der Waals surface area (Å²) in [6.45, 7) is 3.19. The zero-order chi connectivity index (χ0) is 13.7. The van der Waals surface area contributed by atoms with E-state index in [1.54, 1.807) is 13.8 Å². The van der Waals surface area contributed by atoms with Crippen molar-refractivity contribution in [2.45, 2.75) is 25.4 Å². The van der Waals surface area contributed by atoms with Crippen LogP contribution in [0.25, 0.3) is 0 Å². The average molecular weight is 257 g/mol. The molecule has 0 bridgehead atoms. The Labute approximate surface area is 101 Å². The minimum atomic E-state index is -4.91. The minimum Gasteiger partial charge on any atom is -0.325 e. The van der Waals surface area contributed by atoms with Crippen molar-refractivity contribution in [3.63, 3.8) is 0 Å². The molecule has 1 aromatic rings. The number of carbonyl (C=O) groups excluding carboxylic acids is 2. The van der Waals surface area contributed by atoms with Gasteiger partial charge in [0.05, 0.1) is 5.41 Å². The van der Waals surface area contributed by atoms with Crippen LogP contribution in [0.2, 0.25) is 0 Å². The highest BCUT2D eigenvalue weighted by molar-refractivity contribution is 6.07. The van der Waals surface area contributed by atoms with E-state index in [0.717, 1.165) is 12.1 Å². The molecule has 0 radical (unpaired) electrons. The number of amides is 1. The highest BCUT2D eigenvalue weighted by Crippen LogP contribution is 2.38. The van der Waals surface area contributed by atoms with Crippen LogP contribution in [0.1, 0.15) is 29.8 Å². The number of Topliss-reactive ketones (excluding diaryl/α,β-unsaturated/α-hetero) is 1. The van der Waals surface area contributed by atoms with Crippen LogP contribution in [0.4, 0.5) is 18.9 Å². The summed E-state index contributed by atoms with van der Waals surface area (Å²) in [7, 11) is 0. The number of anilines is 1. The summed E-state index contributed by atoms with van der Waals surface area (Å²) in [5.41, 5.74) is -0.533. The van der Waals surface area contributed by atoms with Crippen LogP contribution >= 0.6 is 0 Å². The Balaban J connectivity index is 2.50. The van der Waals surface area contributed by atoms with E-state index in [1.165, 1.54) is 6.07 Å². The van der Waals surface area contributed by atoms with Crippen LogP contribution in [0.3, 0.4) is 0 Å². The fraction of sp³-hybridized carbons (Fsp3) is 0.333. The number of halogens is 3. The van der Waals surface area contributed by atoms with E-state index in [1.807, 2.05) is 0 Å². The van der Waals surface area contributed by atoms with Crippen LogP contribution in [0, 0.1) is 0 Å². The van der Waals surface area contributed by atoms with Crippen molar-refractivity contribution in [1.82, 2.24) is 0 Å². The van der Waals surface area contributed by atoms with Gasteiger partial charge in [0.2, 0.25) is 5.91 Å². The van der Waals surface area contributed by atoms with Crippen molar-refractivity contribution in [3.8, 4) is 0 Å². The van der Waals surface area contributed by atoms with Gasteiger partial charge in [0, 0.05) is 11.3 Å². The molecule has 0 unspecified atom stereocenters. The van der Waals surface area contributed by atoms with Gasteiger partial charge in [-0.15, -0.1) is 0 Å². The van der Waals surface area contributed by atoms with Crippen LogP contribution in [0.15, 0.2) is 18.2 Å². The Hall–Kier alpha value is -1.85. The predicted octanol–water partition coefficient (Wildman–Crippen LogP) is 2.66. The third kappa shape index (κ3) is 1.77. The largest absolute Gasteiger partial charge is 0.454 e. The maximum Gasteiger partial charge on any atom is 0.454 e. The van der Waals surface area contributed by atoms with Crippen LogP contribution in [-0.4, -0.2) is 17.9 Å². The Morgan fingerprint density at radius 2 is 1.89 bits per heavy atom. The molecule has 0 fully saturated rings. The third-order valence-electron chi connectivity index (χ3n) is 3.03.